The number of carbonyl (C=O) groups excluding carboxylic acids is 1. The highest BCUT2D eigenvalue weighted by Crippen LogP contribution is 2.46. The topological polar surface area (TPSA) is 65.4 Å². The fourth-order valence-electron chi connectivity index (χ4n) is 4.45. The average molecular weight is 455 g/mol. The number of fused-ring (bicyclic) bond motifs is 1. The number of amides is 1. The van der Waals surface area contributed by atoms with Crippen molar-refractivity contribution < 1.29 is 31.8 Å². The molecule has 0 radical (unpaired) electrons. The number of aromatic nitrogens is 2. The number of nitrogens with zero attached hydrogens (tertiary/aromatic N) is 2. The van der Waals surface area contributed by atoms with Crippen molar-refractivity contribution in [2.75, 3.05) is 6.61 Å². The molecule has 4 rings (SSSR count). The van der Waals surface area contributed by atoms with E-state index >= 15 is 0 Å². The van der Waals surface area contributed by atoms with Gasteiger partial charge in [0.2, 0.25) is 5.91 Å². The lowest BCUT2D eigenvalue weighted by Gasteiger charge is -2.45. The van der Waals surface area contributed by atoms with Crippen LogP contribution in [-0.4, -0.2) is 40.4 Å². The second kappa shape index (κ2) is 7.97. The molecule has 32 heavy (non-hydrogen) atoms. The van der Waals surface area contributed by atoms with Crippen LogP contribution in [-0.2, 0) is 11.2 Å². The summed E-state index contributed by atoms with van der Waals surface area (Å²) in [4.78, 5) is 12.8. The number of rotatable bonds is 6. The Morgan fingerprint density at radius 1 is 1.31 bits per heavy atom. The molecule has 1 aliphatic heterocycles. The first kappa shape index (κ1) is 22.4. The highest BCUT2D eigenvalue weighted by Gasteiger charge is 2.54. The summed E-state index contributed by atoms with van der Waals surface area (Å²) in [5.74, 6) is -3.14. The van der Waals surface area contributed by atoms with E-state index in [0.717, 1.165) is 0 Å². The summed E-state index contributed by atoms with van der Waals surface area (Å²) in [6.45, 7) is 2.58. The lowest BCUT2D eigenvalue weighted by Crippen LogP contribution is -2.61. The minimum absolute atomic E-state index is 0.00366. The molecule has 1 atom stereocenters. The third-order valence-electron chi connectivity index (χ3n) is 5.75. The molecule has 2 aliphatic rings. The zero-order valence-corrected chi connectivity index (χ0v) is 18.0. The second-order valence-corrected chi connectivity index (χ2v) is 9.04. The van der Waals surface area contributed by atoms with Gasteiger partial charge in [-0.15, -0.1) is 0 Å². The quantitative estimate of drug-likeness (QED) is 0.648. The average Bonchev–Trinajstić information content (AvgIpc) is 3.05. The summed E-state index contributed by atoms with van der Waals surface area (Å²) < 4.78 is 63.9. The smallest absolute Gasteiger partial charge is 0.387 e. The fourth-order valence-corrected chi connectivity index (χ4v) is 4.45. The first-order valence-corrected chi connectivity index (χ1v) is 10.5. The Labute approximate surface area is 182 Å². The zero-order chi connectivity index (χ0) is 23.3. The van der Waals surface area contributed by atoms with E-state index in [4.69, 9.17) is 4.74 Å². The molecular formula is C22H25F4N3O3. The van der Waals surface area contributed by atoms with Gasteiger partial charge in [0.15, 0.2) is 5.75 Å². The van der Waals surface area contributed by atoms with Crippen LogP contribution in [0.2, 0.25) is 0 Å². The van der Waals surface area contributed by atoms with Gasteiger partial charge in [-0.2, -0.15) is 13.9 Å². The zero-order valence-electron chi connectivity index (χ0n) is 18.0. The van der Waals surface area contributed by atoms with Gasteiger partial charge in [0.25, 0.3) is 5.92 Å². The maximum Gasteiger partial charge on any atom is 0.387 e. The molecule has 6 nitrogen and oxygen atoms in total. The number of nitrogens with one attached hydrogen (secondary N) is 1. The van der Waals surface area contributed by atoms with Crippen LogP contribution >= 0.6 is 0 Å². The van der Waals surface area contributed by atoms with Gasteiger partial charge in [0.1, 0.15) is 18.1 Å². The van der Waals surface area contributed by atoms with E-state index in [1.54, 1.807) is 23.7 Å². The fraction of sp³-hybridized carbons (Fsp3) is 0.545. The van der Waals surface area contributed by atoms with E-state index in [9.17, 15) is 22.4 Å². The molecule has 1 N–H and O–H groups in total. The van der Waals surface area contributed by atoms with Gasteiger partial charge >= 0.3 is 6.61 Å². The van der Waals surface area contributed by atoms with Crippen LogP contribution in [0.15, 0.2) is 24.3 Å². The van der Waals surface area contributed by atoms with E-state index < -0.39 is 24.0 Å². The molecule has 1 saturated carbocycles. The van der Waals surface area contributed by atoms with Gasteiger partial charge in [-0.3, -0.25) is 9.48 Å². The van der Waals surface area contributed by atoms with Crippen LogP contribution in [0.4, 0.5) is 17.6 Å². The summed E-state index contributed by atoms with van der Waals surface area (Å²) in [6.07, 6.45) is -0.433. The molecule has 2 heterocycles. The summed E-state index contributed by atoms with van der Waals surface area (Å²) in [5.41, 5.74) is 0.796. The van der Waals surface area contributed by atoms with Gasteiger partial charge in [-0.1, -0.05) is 12.1 Å². The Balaban J connectivity index is 1.58. The van der Waals surface area contributed by atoms with Gasteiger partial charge in [0, 0.05) is 36.4 Å². The summed E-state index contributed by atoms with van der Waals surface area (Å²) >= 11 is 0. The van der Waals surface area contributed by atoms with Gasteiger partial charge in [-0.05, 0) is 32.9 Å². The minimum atomic E-state index is -2.94. The van der Waals surface area contributed by atoms with Crippen LogP contribution in [0.3, 0.4) is 0 Å². The lowest BCUT2D eigenvalue weighted by molar-refractivity contribution is -0.147. The van der Waals surface area contributed by atoms with Crippen LogP contribution in [0.25, 0.3) is 11.3 Å². The normalized spacial score (nSPS) is 21.0. The molecule has 1 aliphatic carbocycles. The Morgan fingerprint density at radius 3 is 2.66 bits per heavy atom. The molecule has 1 aromatic heterocycles. The molecule has 2 aromatic rings. The third-order valence-corrected chi connectivity index (χ3v) is 5.75. The van der Waals surface area contributed by atoms with Crippen molar-refractivity contribution in [2.45, 2.75) is 64.1 Å². The monoisotopic (exact) mass is 455 g/mol. The highest BCUT2D eigenvalue weighted by atomic mass is 19.3. The molecule has 174 valence electrons. The number of hydrogen-bond donors (Lipinski definition) is 1. The molecule has 1 fully saturated rings. The predicted octanol–water partition coefficient (Wildman–Crippen LogP) is 4.59. The number of ether oxygens (including phenoxy) is 2. The maximum atomic E-state index is 13.3. The maximum absolute atomic E-state index is 13.3. The molecule has 1 aromatic carbocycles. The minimum Gasteiger partial charge on any atom is -0.488 e. The predicted molar refractivity (Wildman–Crippen MR) is 108 cm³/mol. The Bertz CT molecular complexity index is 1010. The molecule has 1 amide bonds. The summed E-state index contributed by atoms with van der Waals surface area (Å²) in [6, 6.07) is 6.13. The van der Waals surface area contributed by atoms with Crippen molar-refractivity contribution in [1.82, 2.24) is 15.1 Å². The van der Waals surface area contributed by atoms with E-state index in [2.05, 4.69) is 15.2 Å². The largest absolute Gasteiger partial charge is 0.488 e. The Morgan fingerprint density at radius 2 is 2.03 bits per heavy atom. The van der Waals surface area contributed by atoms with Gasteiger partial charge < -0.3 is 14.8 Å². The number of benzene rings is 1. The SMILES string of the molecule is CC(C)n1nc(-c2cccc(OC(F)F)c2)c2c1CC(C(=O)NC1(C)CC(F)(F)C1)CO2. The highest BCUT2D eigenvalue weighted by molar-refractivity contribution is 5.81. The second-order valence-electron chi connectivity index (χ2n) is 9.04. The van der Waals surface area contributed by atoms with Crippen molar-refractivity contribution in [3.05, 3.63) is 30.0 Å². The van der Waals surface area contributed by atoms with E-state index in [1.165, 1.54) is 12.1 Å². The van der Waals surface area contributed by atoms with E-state index in [1.807, 2.05) is 13.8 Å². The van der Waals surface area contributed by atoms with Crippen molar-refractivity contribution in [3.8, 4) is 22.8 Å². The first-order chi connectivity index (χ1) is 15.0. The van der Waals surface area contributed by atoms with Gasteiger partial charge in [0.05, 0.1) is 11.6 Å². The van der Waals surface area contributed by atoms with Crippen molar-refractivity contribution in [1.29, 1.82) is 0 Å². The van der Waals surface area contributed by atoms with Crippen LogP contribution in [0.1, 0.15) is 45.3 Å². The summed E-state index contributed by atoms with van der Waals surface area (Å²) in [7, 11) is 0. The molecule has 0 saturated heterocycles. The van der Waals surface area contributed by atoms with Crippen LogP contribution in [0, 0.1) is 5.92 Å². The number of carbonyl (C=O) groups is 1. The van der Waals surface area contributed by atoms with E-state index in [-0.39, 0.29) is 37.1 Å². The van der Waals surface area contributed by atoms with Gasteiger partial charge in [-0.25, -0.2) is 8.78 Å². The third kappa shape index (κ3) is 4.40. The van der Waals surface area contributed by atoms with E-state index in [0.29, 0.717) is 29.1 Å². The number of halogens is 4. The summed E-state index contributed by atoms with van der Waals surface area (Å²) in [5, 5.41) is 7.36. The molecule has 10 heteroatoms. The van der Waals surface area contributed by atoms with Crippen molar-refractivity contribution >= 4 is 5.91 Å². The van der Waals surface area contributed by atoms with Crippen LogP contribution in [0.5, 0.6) is 11.5 Å². The Hall–Kier alpha value is -2.78. The number of hydrogen-bond acceptors (Lipinski definition) is 4. The Kier molecular flexibility index (Phi) is 5.58. The molecular weight excluding hydrogens is 430 g/mol. The van der Waals surface area contributed by atoms with Crippen molar-refractivity contribution in [3.63, 3.8) is 0 Å². The standard InChI is InChI=1S/C22H25F4N3O3/c1-12(2)29-16-8-14(19(30)27-21(3)10-22(25,26)11-21)9-31-18(16)17(28-29)13-5-4-6-15(7-13)32-20(23)24/h4-7,12,14,20H,8-11H2,1-3H3,(H,27,30). The lowest BCUT2D eigenvalue weighted by atomic mass is 9.74. The molecule has 0 spiro atoms. The first-order valence-electron chi connectivity index (χ1n) is 10.5. The molecule has 1 unspecified atom stereocenters. The van der Waals surface area contributed by atoms with Crippen LogP contribution < -0.4 is 14.8 Å². The van der Waals surface area contributed by atoms with Crippen molar-refractivity contribution in [2.24, 2.45) is 5.92 Å². The number of alkyl halides is 4. The molecule has 0 bridgehead atoms.